The fraction of sp³-hybridized carbons (Fsp3) is 0.273. The maximum Gasteiger partial charge on any atom is 0.251 e. The Morgan fingerprint density at radius 1 is 1.19 bits per heavy atom. The zero-order valence-electron chi connectivity index (χ0n) is 15.5. The van der Waals surface area contributed by atoms with Crippen molar-refractivity contribution in [2.75, 3.05) is 7.05 Å². The fourth-order valence-electron chi connectivity index (χ4n) is 2.71. The van der Waals surface area contributed by atoms with Crippen LogP contribution in [0.3, 0.4) is 0 Å². The third kappa shape index (κ3) is 5.20. The first-order chi connectivity index (χ1) is 12.9. The van der Waals surface area contributed by atoms with Gasteiger partial charge in [0.05, 0.1) is 6.04 Å². The number of nitrogens with one attached hydrogen (secondary N) is 1. The highest BCUT2D eigenvalue weighted by Gasteiger charge is 2.23. The molecular weight excluding hydrogens is 360 g/mol. The van der Waals surface area contributed by atoms with Crippen molar-refractivity contribution >= 4 is 29.5 Å². The van der Waals surface area contributed by atoms with Gasteiger partial charge in [-0.15, -0.1) is 0 Å². The number of carbonyl (C=O) groups is 2. The van der Waals surface area contributed by atoms with E-state index >= 15 is 0 Å². The van der Waals surface area contributed by atoms with Gasteiger partial charge in [-0.2, -0.15) is 0 Å². The molecule has 0 aromatic heterocycles. The van der Waals surface area contributed by atoms with Crippen molar-refractivity contribution in [1.82, 2.24) is 10.2 Å². The summed E-state index contributed by atoms with van der Waals surface area (Å²) in [5.74, 6) is -0.141. The molecule has 1 saturated carbocycles. The van der Waals surface area contributed by atoms with Crippen LogP contribution in [-0.2, 0) is 4.79 Å². The van der Waals surface area contributed by atoms with Crippen LogP contribution in [0.15, 0.2) is 54.6 Å². The van der Waals surface area contributed by atoms with E-state index in [0.717, 1.165) is 24.0 Å². The van der Waals surface area contributed by atoms with E-state index in [4.69, 9.17) is 11.6 Å². The van der Waals surface area contributed by atoms with Gasteiger partial charge in [0, 0.05) is 29.8 Å². The third-order valence-corrected chi connectivity index (χ3v) is 5.00. The van der Waals surface area contributed by atoms with Gasteiger partial charge >= 0.3 is 0 Å². The van der Waals surface area contributed by atoms with Gasteiger partial charge < -0.3 is 10.2 Å². The number of halogens is 1. The van der Waals surface area contributed by atoms with Crippen molar-refractivity contribution in [3.05, 3.63) is 76.3 Å². The second-order valence-corrected chi connectivity index (χ2v) is 7.32. The Morgan fingerprint density at radius 3 is 2.52 bits per heavy atom. The Balaban J connectivity index is 1.60. The minimum atomic E-state index is -0.0990. The van der Waals surface area contributed by atoms with Crippen LogP contribution < -0.4 is 5.32 Å². The monoisotopic (exact) mass is 382 g/mol. The van der Waals surface area contributed by atoms with Crippen LogP contribution >= 0.6 is 11.6 Å². The van der Waals surface area contributed by atoms with Crippen molar-refractivity contribution in [2.45, 2.75) is 31.8 Å². The van der Waals surface area contributed by atoms with Gasteiger partial charge in [0.15, 0.2) is 0 Å². The number of nitrogens with zero attached hydrogens (tertiary/aromatic N) is 1. The predicted molar refractivity (Wildman–Crippen MR) is 109 cm³/mol. The molecule has 1 atom stereocenters. The summed E-state index contributed by atoms with van der Waals surface area (Å²) in [6.07, 6.45) is 5.43. The summed E-state index contributed by atoms with van der Waals surface area (Å²) in [5, 5.41) is 3.61. The van der Waals surface area contributed by atoms with Crippen LogP contribution in [-0.4, -0.2) is 29.8 Å². The summed E-state index contributed by atoms with van der Waals surface area (Å²) >= 11 is 6.03. The average molecular weight is 383 g/mol. The van der Waals surface area contributed by atoms with Gasteiger partial charge in [-0.05, 0) is 61.2 Å². The summed E-state index contributed by atoms with van der Waals surface area (Å²) in [6.45, 7) is 1.96. The fourth-order valence-corrected chi connectivity index (χ4v) is 2.91. The quantitative estimate of drug-likeness (QED) is 0.749. The van der Waals surface area contributed by atoms with Gasteiger partial charge in [0.2, 0.25) is 5.91 Å². The molecule has 2 aromatic rings. The molecule has 1 fully saturated rings. The summed E-state index contributed by atoms with van der Waals surface area (Å²) in [5.41, 5.74) is 2.49. The maximum absolute atomic E-state index is 12.5. The first-order valence-electron chi connectivity index (χ1n) is 9.05. The van der Waals surface area contributed by atoms with E-state index in [-0.39, 0.29) is 17.9 Å². The van der Waals surface area contributed by atoms with Gasteiger partial charge in [-0.25, -0.2) is 0 Å². The molecule has 0 aliphatic heterocycles. The lowest BCUT2D eigenvalue weighted by Gasteiger charge is -2.24. The summed E-state index contributed by atoms with van der Waals surface area (Å²) in [4.78, 5) is 26.1. The lowest BCUT2D eigenvalue weighted by atomic mass is 10.1. The van der Waals surface area contributed by atoms with Crippen LogP contribution in [0.4, 0.5) is 0 Å². The molecule has 0 saturated heterocycles. The molecule has 1 aliphatic carbocycles. The van der Waals surface area contributed by atoms with Gasteiger partial charge in [-0.3, -0.25) is 9.59 Å². The molecule has 0 radical (unpaired) electrons. The lowest BCUT2D eigenvalue weighted by Crippen LogP contribution is -2.27. The molecule has 5 heteroatoms. The maximum atomic E-state index is 12.5. The van der Waals surface area contributed by atoms with E-state index in [9.17, 15) is 9.59 Å². The van der Waals surface area contributed by atoms with Crippen molar-refractivity contribution < 1.29 is 9.59 Å². The zero-order valence-corrected chi connectivity index (χ0v) is 16.2. The van der Waals surface area contributed by atoms with Gasteiger partial charge in [0.1, 0.15) is 0 Å². The molecular formula is C22H23ClN2O2. The van der Waals surface area contributed by atoms with E-state index in [2.05, 4.69) is 5.32 Å². The van der Waals surface area contributed by atoms with Gasteiger partial charge in [0.25, 0.3) is 5.91 Å². The third-order valence-electron chi connectivity index (χ3n) is 4.76. The number of carbonyl (C=O) groups excluding carboxylic acids is 2. The van der Waals surface area contributed by atoms with Gasteiger partial charge in [-0.1, -0.05) is 35.9 Å². The van der Waals surface area contributed by atoms with E-state index in [1.807, 2.05) is 43.3 Å². The van der Waals surface area contributed by atoms with Crippen molar-refractivity contribution in [3.8, 4) is 0 Å². The highest BCUT2D eigenvalue weighted by Crippen LogP contribution is 2.22. The smallest absolute Gasteiger partial charge is 0.251 e. The average Bonchev–Trinajstić information content (AvgIpc) is 3.49. The Labute approximate surface area is 164 Å². The minimum absolute atomic E-state index is 0.0424. The topological polar surface area (TPSA) is 49.4 Å². The summed E-state index contributed by atoms with van der Waals surface area (Å²) in [6, 6.07) is 15.0. The largest absolute Gasteiger partial charge is 0.349 e. The first kappa shape index (κ1) is 19.2. The molecule has 27 heavy (non-hydrogen) atoms. The number of amides is 2. The Hall–Kier alpha value is -2.59. The van der Waals surface area contributed by atoms with E-state index in [1.54, 1.807) is 36.2 Å². The molecule has 1 aliphatic rings. The second kappa shape index (κ2) is 8.40. The SMILES string of the molecule is CC(c1cccc(Cl)c1)N(C)C(=O)/C=C/c1ccc(C(=O)NC2CC2)cc1. The molecule has 0 heterocycles. The standard InChI is InChI=1S/C22H23ClN2O2/c1-15(18-4-3-5-19(23)14-18)25(2)21(26)13-8-16-6-9-17(10-7-16)22(27)24-20-11-12-20/h3-10,13-15,20H,11-12H2,1-2H3,(H,24,27)/b13-8+. The van der Waals surface area contributed by atoms with Crippen LogP contribution in [0.25, 0.3) is 6.08 Å². The highest BCUT2D eigenvalue weighted by molar-refractivity contribution is 6.30. The normalized spacial score (nSPS) is 14.8. The van der Waals surface area contributed by atoms with Crippen LogP contribution in [0.1, 0.15) is 47.3 Å². The van der Waals surface area contributed by atoms with Crippen molar-refractivity contribution in [2.24, 2.45) is 0 Å². The predicted octanol–water partition coefficient (Wildman–Crippen LogP) is 4.47. The summed E-state index contributed by atoms with van der Waals surface area (Å²) < 4.78 is 0. The van der Waals surface area contributed by atoms with Crippen molar-refractivity contribution in [1.29, 1.82) is 0 Å². The molecule has 2 amide bonds. The molecule has 0 spiro atoms. The van der Waals surface area contributed by atoms with Crippen molar-refractivity contribution in [3.63, 3.8) is 0 Å². The summed E-state index contributed by atoms with van der Waals surface area (Å²) in [7, 11) is 1.77. The molecule has 4 nitrogen and oxygen atoms in total. The molecule has 0 bridgehead atoms. The molecule has 2 aromatic carbocycles. The number of rotatable bonds is 6. The van der Waals surface area contributed by atoms with E-state index in [1.165, 1.54) is 0 Å². The first-order valence-corrected chi connectivity index (χ1v) is 9.43. The zero-order chi connectivity index (χ0) is 19.4. The molecule has 1 unspecified atom stereocenters. The highest BCUT2D eigenvalue weighted by atomic mass is 35.5. The van der Waals surface area contributed by atoms with Crippen LogP contribution in [0.5, 0.6) is 0 Å². The lowest BCUT2D eigenvalue weighted by molar-refractivity contribution is -0.126. The number of benzene rings is 2. The van der Waals surface area contributed by atoms with Crippen LogP contribution in [0.2, 0.25) is 5.02 Å². The van der Waals surface area contributed by atoms with E-state index in [0.29, 0.717) is 16.6 Å². The van der Waals surface area contributed by atoms with Crippen LogP contribution in [0, 0.1) is 0 Å². The second-order valence-electron chi connectivity index (χ2n) is 6.88. The number of likely N-dealkylation sites (N-methyl/N-ethyl adjacent to an activating group) is 1. The minimum Gasteiger partial charge on any atom is -0.349 e. The number of hydrogen-bond acceptors (Lipinski definition) is 2. The molecule has 3 rings (SSSR count). The number of hydrogen-bond donors (Lipinski definition) is 1. The Morgan fingerprint density at radius 2 is 1.89 bits per heavy atom. The Bertz CT molecular complexity index is 857. The molecule has 140 valence electrons. The van der Waals surface area contributed by atoms with E-state index < -0.39 is 0 Å². The molecule has 1 N–H and O–H groups in total. The Kier molecular flexibility index (Phi) is 5.97.